The van der Waals surface area contributed by atoms with E-state index in [1.54, 1.807) is 7.11 Å². The van der Waals surface area contributed by atoms with Gasteiger partial charge in [0.25, 0.3) is 0 Å². The van der Waals surface area contributed by atoms with Crippen LogP contribution in [0.2, 0.25) is 0 Å². The van der Waals surface area contributed by atoms with E-state index in [9.17, 15) is 4.79 Å². The van der Waals surface area contributed by atoms with Gasteiger partial charge in [-0.2, -0.15) is 0 Å². The zero-order valence-electron chi connectivity index (χ0n) is 11.2. The van der Waals surface area contributed by atoms with Gasteiger partial charge < -0.3 is 14.6 Å². The number of benzene rings is 1. The molecular formula is C14H16ClN3O2. The van der Waals surface area contributed by atoms with Crippen LogP contribution in [0.5, 0.6) is 5.75 Å². The lowest BCUT2D eigenvalue weighted by Gasteiger charge is -2.25. The number of carbonyl (C=O) groups is 1. The highest BCUT2D eigenvalue weighted by molar-refractivity contribution is 6.16. The monoisotopic (exact) mass is 293 g/mol. The van der Waals surface area contributed by atoms with Crippen LogP contribution in [0, 0.1) is 0 Å². The second-order valence-electron chi connectivity index (χ2n) is 4.88. The maximum absolute atomic E-state index is 11.3. The summed E-state index contributed by atoms with van der Waals surface area (Å²) >= 11 is 6.02. The van der Waals surface area contributed by atoms with Gasteiger partial charge >= 0.3 is 0 Å². The van der Waals surface area contributed by atoms with Gasteiger partial charge in [-0.1, -0.05) is 0 Å². The number of alkyl halides is 1. The summed E-state index contributed by atoms with van der Waals surface area (Å²) in [6, 6.07) is 6.02. The van der Waals surface area contributed by atoms with Gasteiger partial charge in [0.15, 0.2) is 0 Å². The van der Waals surface area contributed by atoms with Crippen LogP contribution in [-0.4, -0.2) is 29.1 Å². The van der Waals surface area contributed by atoms with Crippen molar-refractivity contribution in [3.05, 3.63) is 24.0 Å². The van der Waals surface area contributed by atoms with Crippen molar-refractivity contribution in [2.75, 3.05) is 13.7 Å². The highest BCUT2D eigenvalue weighted by Crippen LogP contribution is 2.28. The Morgan fingerprint density at radius 3 is 3.05 bits per heavy atom. The van der Waals surface area contributed by atoms with Crippen molar-refractivity contribution in [2.45, 2.75) is 24.8 Å². The molecule has 1 aromatic carbocycles. The van der Waals surface area contributed by atoms with Gasteiger partial charge in [0, 0.05) is 19.0 Å². The quantitative estimate of drug-likeness (QED) is 0.883. The van der Waals surface area contributed by atoms with Gasteiger partial charge in [0.1, 0.15) is 11.6 Å². The van der Waals surface area contributed by atoms with Crippen molar-refractivity contribution >= 4 is 28.5 Å². The van der Waals surface area contributed by atoms with Crippen molar-refractivity contribution in [3.63, 3.8) is 0 Å². The van der Waals surface area contributed by atoms with Crippen molar-refractivity contribution in [1.82, 2.24) is 14.9 Å². The number of ether oxygens (including phenoxy) is 1. The number of methoxy groups -OCH3 is 1. The normalized spacial score (nSPS) is 19.1. The molecule has 3 rings (SSSR count). The summed E-state index contributed by atoms with van der Waals surface area (Å²) in [7, 11) is 1.64. The van der Waals surface area contributed by atoms with Crippen LogP contribution in [0.25, 0.3) is 11.0 Å². The van der Waals surface area contributed by atoms with Gasteiger partial charge in [-0.15, -0.1) is 11.6 Å². The molecule has 0 saturated carbocycles. The number of carbonyl (C=O) groups excluding carboxylic acids is 1. The minimum Gasteiger partial charge on any atom is -0.497 e. The Morgan fingerprint density at radius 2 is 2.40 bits per heavy atom. The van der Waals surface area contributed by atoms with Crippen LogP contribution in [0.4, 0.5) is 0 Å². The largest absolute Gasteiger partial charge is 0.497 e. The van der Waals surface area contributed by atoms with E-state index in [-0.39, 0.29) is 11.9 Å². The first kappa shape index (κ1) is 13.2. The number of fused-ring (bicyclic) bond motifs is 1. The van der Waals surface area contributed by atoms with E-state index < -0.39 is 0 Å². The van der Waals surface area contributed by atoms with E-state index in [1.807, 2.05) is 18.2 Å². The SMILES string of the molecule is COc1ccc2c(c1)nc(CCl)n2C1CCC(=O)NC1. The van der Waals surface area contributed by atoms with Crippen molar-refractivity contribution in [1.29, 1.82) is 0 Å². The Hall–Kier alpha value is -1.75. The van der Waals surface area contributed by atoms with E-state index in [4.69, 9.17) is 16.3 Å². The number of hydrogen-bond acceptors (Lipinski definition) is 3. The Bertz CT molecular complexity index is 643. The van der Waals surface area contributed by atoms with Crippen LogP contribution >= 0.6 is 11.6 Å². The minimum atomic E-state index is 0.111. The summed E-state index contributed by atoms with van der Waals surface area (Å²) in [5.74, 6) is 2.07. The molecular weight excluding hydrogens is 278 g/mol. The molecule has 6 heteroatoms. The summed E-state index contributed by atoms with van der Waals surface area (Å²) in [6.07, 6.45) is 1.36. The third kappa shape index (κ3) is 2.22. The first-order valence-corrected chi connectivity index (χ1v) is 7.14. The number of piperidine rings is 1. The first-order chi connectivity index (χ1) is 9.72. The molecule has 0 aliphatic carbocycles. The van der Waals surface area contributed by atoms with E-state index in [0.717, 1.165) is 29.0 Å². The number of hydrogen-bond donors (Lipinski definition) is 1. The topological polar surface area (TPSA) is 56.2 Å². The van der Waals surface area contributed by atoms with E-state index >= 15 is 0 Å². The minimum absolute atomic E-state index is 0.111. The number of nitrogens with zero attached hydrogens (tertiary/aromatic N) is 2. The summed E-state index contributed by atoms with van der Waals surface area (Å²) in [5.41, 5.74) is 1.90. The maximum atomic E-state index is 11.3. The van der Waals surface area contributed by atoms with E-state index in [2.05, 4.69) is 14.9 Å². The molecule has 2 heterocycles. The Balaban J connectivity index is 2.06. The molecule has 1 aliphatic rings. The molecule has 5 nitrogen and oxygen atoms in total. The highest BCUT2D eigenvalue weighted by atomic mass is 35.5. The highest BCUT2D eigenvalue weighted by Gasteiger charge is 2.23. The number of halogens is 1. The van der Waals surface area contributed by atoms with Gasteiger partial charge in [0.05, 0.1) is 30.1 Å². The molecule has 20 heavy (non-hydrogen) atoms. The number of imidazole rings is 1. The predicted molar refractivity (Wildman–Crippen MR) is 77.1 cm³/mol. The van der Waals surface area contributed by atoms with Crippen molar-refractivity contribution in [2.24, 2.45) is 0 Å². The fourth-order valence-corrected chi connectivity index (χ4v) is 2.89. The maximum Gasteiger partial charge on any atom is 0.220 e. The van der Waals surface area contributed by atoms with Gasteiger partial charge in [-0.05, 0) is 18.6 Å². The Labute approximate surface area is 121 Å². The first-order valence-electron chi connectivity index (χ1n) is 6.60. The number of aromatic nitrogens is 2. The molecule has 1 unspecified atom stereocenters. The summed E-state index contributed by atoms with van der Waals surface area (Å²) in [6.45, 7) is 0.625. The lowest BCUT2D eigenvalue weighted by molar-refractivity contribution is -0.122. The third-order valence-corrected chi connectivity index (χ3v) is 3.93. The van der Waals surface area contributed by atoms with Crippen LogP contribution in [0.3, 0.4) is 0 Å². The summed E-state index contributed by atoms with van der Waals surface area (Å²) < 4.78 is 7.37. The molecule has 0 radical (unpaired) electrons. The van der Waals surface area contributed by atoms with Gasteiger partial charge in [-0.3, -0.25) is 4.79 Å². The van der Waals surface area contributed by atoms with E-state index in [1.165, 1.54) is 0 Å². The number of nitrogens with one attached hydrogen (secondary N) is 1. The zero-order valence-corrected chi connectivity index (χ0v) is 12.0. The Kier molecular flexibility index (Phi) is 3.53. The average Bonchev–Trinajstić information content (AvgIpc) is 2.85. The smallest absolute Gasteiger partial charge is 0.220 e. The lowest BCUT2D eigenvalue weighted by atomic mass is 10.1. The van der Waals surface area contributed by atoms with Crippen LogP contribution in [-0.2, 0) is 10.7 Å². The van der Waals surface area contributed by atoms with Crippen LogP contribution < -0.4 is 10.1 Å². The standard InChI is InChI=1S/C14H16ClN3O2/c1-20-10-3-4-12-11(6-10)17-13(7-15)18(12)9-2-5-14(19)16-8-9/h3-4,6,9H,2,5,7-8H2,1H3,(H,16,19). The molecule has 106 valence electrons. The number of amides is 1. The molecule has 0 spiro atoms. The second-order valence-corrected chi connectivity index (χ2v) is 5.15. The fourth-order valence-electron chi connectivity index (χ4n) is 2.70. The summed E-state index contributed by atoms with van der Waals surface area (Å²) in [5, 5.41) is 2.90. The van der Waals surface area contributed by atoms with Gasteiger partial charge in [0.2, 0.25) is 5.91 Å². The molecule has 1 amide bonds. The number of rotatable bonds is 3. The predicted octanol–water partition coefficient (Wildman–Crippen LogP) is 2.23. The molecule has 1 saturated heterocycles. The Morgan fingerprint density at radius 1 is 1.55 bits per heavy atom. The molecule has 2 aromatic rings. The van der Waals surface area contributed by atoms with E-state index in [0.29, 0.717) is 18.8 Å². The zero-order chi connectivity index (χ0) is 14.1. The fraction of sp³-hybridized carbons (Fsp3) is 0.429. The van der Waals surface area contributed by atoms with Crippen LogP contribution in [0.15, 0.2) is 18.2 Å². The average molecular weight is 294 g/mol. The van der Waals surface area contributed by atoms with Crippen molar-refractivity contribution < 1.29 is 9.53 Å². The van der Waals surface area contributed by atoms with Crippen LogP contribution in [0.1, 0.15) is 24.7 Å². The molecule has 1 fully saturated rings. The van der Waals surface area contributed by atoms with Crippen molar-refractivity contribution in [3.8, 4) is 5.75 Å². The van der Waals surface area contributed by atoms with Gasteiger partial charge in [-0.25, -0.2) is 4.98 Å². The molecule has 1 N–H and O–H groups in total. The molecule has 1 aliphatic heterocycles. The molecule has 1 aromatic heterocycles. The molecule has 1 atom stereocenters. The third-order valence-electron chi connectivity index (χ3n) is 3.69. The molecule has 0 bridgehead atoms. The summed E-state index contributed by atoms with van der Waals surface area (Å²) in [4.78, 5) is 15.9. The lowest BCUT2D eigenvalue weighted by Crippen LogP contribution is -2.36. The second kappa shape index (κ2) is 5.32.